The lowest BCUT2D eigenvalue weighted by Gasteiger charge is -2.16. The summed E-state index contributed by atoms with van der Waals surface area (Å²) in [5.74, 6) is -0.342. The predicted octanol–water partition coefficient (Wildman–Crippen LogP) is 1.48. The molecule has 4 heteroatoms. The normalized spacial score (nSPS) is 11.7. The summed E-state index contributed by atoms with van der Waals surface area (Å²) in [7, 11) is 3.22. The minimum Gasteiger partial charge on any atom is -0.466 e. The van der Waals surface area contributed by atoms with E-state index in [4.69, 9.17) is 9.84 Å². The Morgan fingerprint density at radius 3 is 2.53 bits per heavy atom. The quantitative estimate of drug-likeness (QED) is 0.624. The van der Waals surface area contributed by atoms with Crippen molar-refractivity contribution in [2.24, 2.45) is 0 Å². The highest BCUT2D eigenvalue weighted by Crippen LogP contribution is 2.10. The second kappa shape index (κ2) is 7.71. The molecule has 4 nitrogen and oxygen atoms in total. The molecule has 0 aromatic heterocycles. The molecule has 0 saturated carbocycles. The van der Waals surface area contributed by atoms with Gasteiger partial charge in [0.05, 0.1) is 19.3 Å². The minimum absolute atomic E-state index is 0.0650. The molecule has 0 spiro atoms. The van der Waals surface area contributed by atoms with E-state index in [1.54, 1.807) is 0 Å². The fourth-order valence-corrected chi connectivity index (χ4v) is 1.70. The van der Waals surface area contributed by atoms with Gasteiger partial charge >= 0.3 is 5.97 Å². The number of aliphatic hydroxyl groups is 1. The van der Waals surface area contributed by atoms with Crippen molar-refractivity contribution in [1.82, 2.24) is 4.90 Å². The van der Waals surface area contributed by atoms with Gasteiger partial charge in [0.1, 0.15) is 0 Å². The topological polar surface area (TPSA) is 49.8 Å². The zero-order valence-corrected chi connectivity index (χ0v) is 11.7. The smallest absolute Gasteiger partial charge is 0.335 e. The lowest BCUT2D eigenvalue weighted by atomic mass is 10.1. The molecule has 0 unspecified atom stereocenters. The van der Waals surface area contributed by atoms with Crippen molar-refractivity contribution in [2.45, 2.75) is 6.92 Å². The summed E-state index contributed by atoms with van der Waals surface area (Å²) in [6.07, 6.45) is 1.82. The third-order valence-electron chi connectivity index (χ3n) is 2.79. The molecule has 104 valence electrons. The van der Waals surface area contributed by atoms with Gasteiger partial charge in [0.2, 0.25) is 0 Å². The molecule has 0 aliphatic rings. The zero-order valence-electron chi connectivity index (χ0n) is 11.7. The molecule has 0 heterocycles. The first-order valence-corrected chi connectivity index (χ1v) is 6.21. The zero-order chi connectivity index (χ0) is 14.3. The summed E-state index contributed by atoms with van der Waals surface area (Å²) < 4.78 is 4.79. The Hall–Kier alpha value is -1.65. The predicted molar refractivity (Wildman–Crippen MR) is 75.8 cm³/mol. The molecule has 1 aromatic rings. The molecule has 0 saturated heterocycles. The van der Waals surface area contributed by atoms with Gasteiger partial charge in [-0.1, -0.05) is 29.8 Å². The number of likely N-dealkylation sites (N-methyl/N-ethyl adjacent to an activating group) is 1. The summed E-state index contributed by atoms with van der Waals surface area (Å²) in [6.45, 7) is 3.04. The van der Waals surface area contributed by atoms with Gasteiger partial charge in [-0.05, 0) is 25.6 Å². The van der Waals surface area contributed by atoms with E-state index in [0.29, 0.717) is 18.7 Å². The number of hydrogen-bond acceptors (Lipinski definition) is 4. The largest absolute Gasteiger partial charge is 0.466 e. The number of benzene rings is 1. The first-order chi connectivity index (χ1) is 9.06. The van der Waals surface area contributed by atoms with Gasteiger partial charge in [0.25, 0.3) is 0 Å². The summed E-state index contributed by atoms with van der Waals surface area (Å²) in [4.78, 5) is 13.6. The molecule has 19 heavy (non-hydrogen) atoms. The van der Waals surface area contributed by atoms with Crippen LogP contribution in [0.1, 0.15) is 11.1 Å². The maximum atomic E-state index is 11.7. The Bertz CT molecular complexity index is 437. The van der Waals surface area contributed by atoms with E-state index in [0.717, 1.165) is 5.56 Å². The third-order valence-corrected chi connectivity index (χ3v) is 2.79. The number of methoxy groups -OCH3 is 1. The monoisotopic (exact) mass is 263 g/mol. The van der Waals surface area contributed by atoms with Crippen LogP contribution in [-0.2, 0) is 9.53 Å². The van der Waals surface area contributed by atoms with E-state index in [1.807, 2.05) is 49.2 Å². The molecule has 1 N–H and O–H groups in total. The number of nitrogens with zero attached hydrogens (tertiary/aromatic N) is 1. The second-order valence-electron chi connectivity index (χ2n) is 4.53. The number of aryl methyl sites for hydroxylation is 1. The maximum absolute atomic E-state index is 11.7. The maximum Gasteiger partial charge on any atom is 0.335 e. The molecule has 0 bridgehead atoms. The van der Waals surface area contributed by atoms with Gasteiger partial charge in [0.15, 0.2) is 0 Å². The lowest BCUT2D eigenvalue weighted by molar-refractivity contribution is -0.136. The van der Waals surface area contributed by atoms with Gasteiger partial charge in [0, 0.05) is 13.1 Å². The van der Waals surface area contributed by atoms with Crippen molar-refractivity contribution in [2.75, 3.05) is 33.9 Å². The Morgan fingerprint density at radius 2 is 2.00 bits per heavy atom. The Kier molecular flexibility index (Phi) is 6.25. The number of ether oxygens (including phenoxy) is 1. The molecule has 0 amide bonds. The van der Waals surface area contributed by atoms with Gasteiger partial charge in [-0.2, -0.15) is 0 Å². The van der Waals surface area contributed by atoms with Crippen molar-refractivity contribution in [3.05, 3.63) is 41.0 Å². The minimum atomic E-state index is -0.342. The molecule has 0 atom stereocenters. The van der Waals surface area contributed by atoms with Gasteiger partial charge in [-0.15, -0.1) is 0 Å². The summed E-state index contributed by atoms with van der Waals surface area (Å²) in [6, 6.07) is 7.92. The number of rotatable bonds is 6. The summed E-state index contributed by atoms with van der Waals surface area (Å²) >= 11 is 0. The number of aliphatic hydroxyl groups excluding tert-OH is 1. The average molecular weight is 263 g/mol. The number of esters is 1. The number of carbonyl (C=O) groups excluding carboxylic acids is 1. The average Bonchev–Trinajstić information content (AvgIpc) is 2.40. The molecular formula is C15H21NO3. The van der Waals surface area contributed by atoms with E-state index >= 15 is 0 Å². The van der Waals surface area contributed by atoms with Crippen LogP contribution in [-0.4, -0.2) is 49.8 Å². The standard InChI is InChI=1S/C15H21NO3/c1-12-4-6-13(7-5-12)10-14(15(18)19-3)11-16(2)8-9-17/h4-7,10,17H,8-9,11H2,1-3H3/b14-10+. The van der Waals surface area contributed by atoms with Gasteiger partial charge < -0.3 is 9.84 Å². The van der Waals surface area contributed by atoms with Crippen molar-refractivity contribution in [3.63, 3.8) is 0 Å². The SMILES string of the molecule is COC(=O)/C(=C/c1ccc(C)cc1)CN(C)CCO. The van der Waals surface area contributed by atoms with Gasteiger partial charge in [-0.3, -0.25) is 4.90 Å². The van der Waals surface area contributed by atoms with Crippen molar-refractivity contribution in [1.29, 1.82) is 0 Å². The highest BCUT2D eigenvalue weighted by molar-refractivity contribution is 5.94. The first kappa shape index (κ1) is 15.4. The van der Waals surface area contributed by atoms with E-state index in [1.165, 1.54) is 12.7 Å². The Balaban J connectivity index is 2.89. The summed E-state index contributed by atoms with van der Waals surface area (Å²) in [5.41, 5.74) is 2.71. The van der Waals surface area contributed by atoms with Crippen LogP contribution in [0.4, 0.5) is 0 Å². The molecule has 0 radical (unpaired) electrons. The summed E-state index contributed by atoms with van der Waals surface area (Å²) in [5, 5.41) is 8.89. The Labute approximate surface area is 114 Å². The van der Waals surface area contributed by atoms with Crippen LogP contribution in [0.2, 0.25) is 0 Å². The highest BCUT2D eigenvalue weighted by Gasteiger charge is 2.12. The second-order valence-corrected chi connectivity index (χ2v) is 4.53. The molecular weight excluding hydrogens is 242 g/mol. The van der Waals surface area contributed by atoms with Crippen LogP contribution >= 0.6 is 0 Å². The van der Waals surface area contributed by atoms with Crippen LogP contribution in [0.3, 0.4) is 0 Å². The number of hydrogen-bond donors (Lipinski definition) is 1. The fourth-order valence-electron chi connectivity index (χ4n) is 1.70. The van der Waals surface area contributed by atoms with Crippen LogP contribution in [0.5, 0.6) is 0 Å². The van der Waals surface area contributed by atoms with E-state index in [2.05, 4.69) is 0 Å². The fraction of sp³-hybridized carbons (Fsp3) is 0.400. The van der Waals surface area contributed by atoms with Gasteiger partial charge in [-0.25, -0.2) is 4.79 Å². The molecule has 1 aromatic carbocycles. The van der Waals surface area contributed by atoms with Crippen LogP contribution in [0, 0.1) is 6.92 Å². The molecule has 0 aliphatic carbocycles. The van der Waals surface area contributed by atoms with Crippen LogP contribution < -0.4 is 0 Å². The van der Waals surface area contributed by atoms with Crippen molar-refractivity contribution >= 4 is 12.0 Å². The third kappa shape index (κ3) is 5.24. The van der Waals surface area contributed by atoms with Crippen molar-refractivity contribution < 1.29 is 14.6 Å². The molecule has 0 fully saturated rings. The Morgan fingerprint density at radius 1 is 1.37 bits per heavy atom. The molecule has 0 aliphatic heterocycles. The van der Waals surface area contributed by atoms with E-state index < -0.39 is 0 Å². The van der Waals surface area contributed by atoms with Crippen molar-refractivity contribution in [3.8, 4) is 0 Å². The van der Waals surface area contributed by atoms with Crippen LogP contribution in [0.15, 0.2) is 29.8 Å². The molecule has 1 rings (SSSR count). The van der Waals surface area contributed by atoms with E-state index in [9.17, 15) is 4.79 Å². The van der Waals surface area contributed by atoms with Crippen LogP contribution in [0.25, 0.3) is 6.08 Å². The first-order valence-electron chi connectivity index (χ1n) is 6.21. The number of carbonyl (C=O) groups is 1. The highest BCUT2D eigenvalue weighted by atomic mass is 16.5. The van der Waals surface area contributed by atoms with E-state index in [-0.39, 0.29) is 12.6 Å². The lowest BCUT2D eigenvalue weighted by Crippen LogP contribution is -2.27.